The summed E-state index contributed by atoms with van der Waals surface area (Å²) in [5.41, 5.74) is 3.24. The van der Waals surface area contributed by atoms with Gasteiger partial charge in [0, 0.05) is 4.47 Å². The first kappa shape index (κ1) is 13.1. The van der Waals surface area contributed by atoms with E-state index in [-0.39, 0.29) is 17.1 Å². The van der Waals surface area contributed by atoms with Crippen LogP contribution in [0.3, 0.4) is 0 Å². The van der Waals surface area contributed by atoms with Crippen molar-refractivity contribution in [1.29, 1.82) is 0 Å². The summed E-state index contributed by atoms with van der Waals surface area (Å²) in [7, 11) is 0. The van der Waals surface area contributed by atoms with E-state index in [4.69, 9.17) is 11.6 Å². The smallest absolute Gasteiger partial charge is 0.127 e. The normalized spacial score (nSPS) is 21.4. The second-order valence-corrected chi connectivity index (χ2v) is 6.39. The van der Waals surface area contributed by atoms with Crippen LogP contribution in [0.2, 0.25) is 0 Å². The molecule has 0 radical (unpaired) electrons. The van der Waals surface area contributed by atoms with Gasteiger partial charge in [-0.15, -0.1) is 11.6 Å². The lowest BCUT2D eigenvalue weighted by Gasteiger charge is -2.14. The molecule has 0 spiro atoms. The maximum absolute atomic E-state index is 13.9. The molecular formula is C16H13BrClF. The van der Waals surface area contributed by atoms with E-state index in [2.05, 4.69) is 28.1 Å². The van der Waals surface area contributed by atoms with Crippen molar-refractivity contribution in [2.75, 3.05) is 0 Å². The Morgan fingerprint density at radius 3 is 2.74 bits per heavy atom. The van der Waals surface area contributed by atoms with Crippen molar-refractivity contribution >= 4 is 27.5 Å². The molecule has 19 heavy (non-hydrogen) atoms. The van der Waals surface area contributed by atoms with Gasteiger partial charge in [-0.25, -0.2) is 4.39 Å². The van der Waals surface area contributed by atoms with E-state index in [0.29, 0.717) is 6.42 Å². The van der Waals surface area contributed by atoms with Gasteiger partial charge in [0.05, 0.1) is 5.38 Å². The van der Waals surface area contributed by atoms with Crippen LogP contribution in [0.1, 0.15) is 22.1 Å². The van der Waals surface area contributed by atoms with Gasteiger partial charge in [-0.05, 0) is 47.6 Å². The molecule has 1 aliphatic rings. The summed E-state index contributed by atoms with van der Waals surface area (Å²) in [6.45, 7) is 0. The van der Waals surface area contributed by atoms with Gasteiger partial charge < -0.3 is 0 Å². The maximum atomic E-state index is 13.9. The predicted octanol–water partition coefficient (Wildman–Crippen LogP) is 5.28. The average Bonchev–Trinajstić information content (AvgIpc) is 2.70. The van der Waals surface area contributed by atoms with E-state index in [0.717, 1.165) is 16.5 Å². The molecule has 0 saturated carbocycles. The Morgan fingerprint density at radius 1 is 1.21 bits per heavy atom. The zero-order chi connectivity index (χ0) is 13.4. The minimum Gasteiger partial charge on any atom is -0.207 e. The quantitative estimate of drug-likeness (QED) is 0.653. The summed E-state index contributed by atoms with van der Waals surface area (Å²) >= 11 is 9.79. The standard InChI is InChI=1S/C16H13BrClF/c17-13-6-5-11(15(19)9-13)8-12-7-10-3-1-2-4-14(10)16(12)18/h1-6,9,12,16H,7-8H2. The molecule has 98 valence electrons. The SMILES string of the molecule is Fc1cc(Br)ccc1CC1Cc2ccccc2C1Cl. The van der Waals surface area contributed by atoms with Crippen molar-refractivity contribution in [1.82, 2.24) is 0 Å². The molecule has 3 rings (SSSR count). The number of fused-ring (bicyclic) bond motifs is 1. The van der Waals surface area contributed by atoms with Gasteiger partial charge in [-0.3, -0.25) is 0 Å². The van der Waals surface area contributed by atoms with Crippen LogP contribution in [0.25, 0.3) is 0 Å². The highest BCUT2D eigenvalue weighted by Crippen LogP contribution is 2.42. The molecule has 0 aromatic heterocycles. The molecule has 1 aliphatic carbocycles. The van der Waals surface area contributed by atoms with E-state index >= 15 is 0 Å². The van der Waals surface area contributed by atoms with Gasteiger partial charge >= 0.3 is 0 Å². The van der Waals surface area contributed by atoms with E-state index in [9.17, 15) is 4.39 Å². The van der Waals surface area contributed by atoms with Gasteiger partial charge in [0.15, 0.2) is 0 Å². The topological polar surface area (TPSA) is 0 Å². The summed E-state index contributed by atoms with van der Waals surface area (Å²) in [5.74, 6) is 0.115. The highest BCUT2D eigenvalue weighted by Gasteiger charge is 2.31. The number of benzene rings is 2. The molecule has 0 N–H and O–H groups in total. The lowest BCUT2D eigenvalue weighted by molar-refractivity contribution is 0.518. The van der Waals surface area contributed by atoms with E-state index < -0.39 is 0 Å². The second kappa shape index (κ2) is 5.26. The molecule has 0 bridgehead atoms. The Morgan fingerprint density at radius 2 is 2.00 bits per heavy atom. The zero-order valence-electron chi connectivity index (χ0n) is 10.2. The summed E-state index contributed by atoms with van der Waals surface area (Å²) in [6.07, 6.45) is 1.61. The first-order chi connectivity index (χ1) is 9.15. The number of alkyl halides is 1. The molecule has 2 aromatic rings. The minimum absolute atomic E-state index is 0.0146. The molecule has 0 aliphatic heterocycles. The number of hydrogen-bond acceptors (Lipinski definition) is 0. The second-order valence-electron chi connectivity index (χ2n) is 5.00. The Kier molecular flexibility index (Phi) is 3.64. The lowest BCUT2D eigenvalue weighted by Crippen LogP contribution is -2.08. The highest BCUT2D eigenvalue weighted by atomic mass is 79.9. The fraction of sp³-hybridized carbons (Fsp3) is 0.250. The summed E-state index contributed by atoms with van der Waals surface area (Å²) < 4.78 is 14.7. The molecular weight excluding hydrogens is 327 g/mol. The Bertz CT molecular complexity index is 611. The van der Waals surface area contributed by atoms with Crippen LogP contribution in [0.4, 0.5) is 4.39 Å². The van der Waals surface area contributed by atoms with Gasteiger partial charge in [0.25, 0.3) is 0 Å². The Labute approximate surface area is 125 Å². The van der Waals surface area contributed by atoms with Crippen molar-refractivity contribution in [3.63, 3.8) is 0 Å². The maximum Gasteiger partial charge on any atom is 0.127 e. The summed E-state index contributed by atoms with van der Waals surface area (Å²) in [6, 6.07) is 13.5. The Balaban J connectivity index is 1.83. The molecule has 0 nitrogen and oxygen atoms in total. The number of rotatable bonds is 2. The fourth-order valence-corrected chi connectivity index (χ4v) is 3.50. The van der Waals surface area contributed by atoms with Crippen molar-refractivity contribution in [3.05, 3.63) is 69.4 Å². The van der Waals surface area contributed by atoms with Crippen molar-refractivity contribution < 1.29 is 4.39 Å². The molecule has 0 amide bonds. The van der Waals surface area contributed by atoms with E-state index in [1.54, 1.807) is 0 Å². The molecule has 2 atom stereocenters. The minimum atomic E-state index is -0.158. The van der Waals surface area contributed by atoms with Gasteiger partial charge in [-0.2, -0.15) is 0 Å². The average molecular weight is 340 g/mol. The monoisotopic (exact) mass is 338 g/mol. The predicted molar refractivity (Wildman–Crippen MR) is 80.0 cm³/mol. The fourth-order valence-electron chi connectivity index (χ4n) is 2.77. The molecule has 0 fully saturated rings. The van der Waals surface area contributed by atoms with Crippen LogP contribution in [0, 0.1) is 11.7 Å². The van der Waals surface area contributed by atoms with E-state index in [1.165, 1.54) is 17.2 Å². The van der Waals surface area contributed by atoms with Gasteiger partial charge in [-0.1, -0.05) is 46.3 Å². The third-order valence-corrected chi connectivity index (χ3v) is 4.83. The van der Waals surface area contributed by atoms with Gasteiger partial charge in [0.2, 0.25) is 0 Å². The van der Waals surface area contributed by atoms with Crippen LogP contribution in [-0.4, -0.2) is 0 Å². The third-order valence-electron chi connectivity index (χ3n) is 3.75. The van der Waals surface area contributed by atoms with Crippen molar-refractivity contribution in [2.45, 2.75) is 18.2 Å². The molecule has 2 unspecified atom stereocenters. The largest absolute Gasteiger partial charge is 0.207 e. The molecule has 2 aromatic carbocycles. The lowest BCUT2D eigenvalue weighted by atomic mass is 9.96. The third kappa shape index (κ3) is 2.56. The molecule has 3 heteroatoms. The first-order valence-corrected chi connectivity index (χ1v) is 7.54. The molecule has 0 saturated heterocycles. The van der Waals surface area contributed by atoms with Crippen molar-refractivity contribution in [3.8, 4) is 0 Å². The van der Waals surface area contributed by atoms with Crippen LogP contribution < -0.4 is 0 Å². The van der Waals surface area contributed by atoms with Crippen LogP contribution >= 0.6 is 27.5 Å². The number of hydrogen-bond donors (Lipinski definition) is 0. The van der Waals surface area contributed by atoms with Crippen LogP contribution in [0.5, 0.6) is 0 Å². The van der Waals surface area contributed by atoms with Gasteiger partial charge in [0.1, 0.15) is 5.82 Å². The summed E-state index contributed by atoms with van der Waals surface area (Å²) in [4.78, 5) is 0. The van der Waals surface area contributed by atoms with Crippen LogP contribution in [0.15, 0.2) is 46.9 Å². The highest BCUT2D eigenvalue weighted by molar-refractivity contribution is 9.10. The number of halogens is 3. The first-order valence-electron chi connectivity index (χ1n) is 6.31. The van der Waals surface area contributed by atoms with E-state index in [1.807, 2.05) is 24.3 Å². The molecule has 0 heterocycles. The van der Waals surface area contributed by atoms with Crippen molar-refractivity contribution in [2.24, 2.45) is 5.92 Å². The Hall–Kier alpha value is -0.860. The van der Waals surface area contributed by atoms with Crippen LogP contribution in [-0.2, 0) is 12.8 Å². The summed E-state index contributed by atoms with van der Waals surface area (Å²) in [5, 5.41) is -0.0146. The zero-order valence-corrected chi connectivity index (χ0v) is 12.6.